The number of carbonyl (C=O) groups is 1. The van der Waals surface area contributed by atoms with Gasteiger partial charge in [0, 0.05) is 13.1 Å². The van der Waals surface area contributed by atoms with Gasteiger partial charge < -0.3 is 4.90 Å². The van der Waals surface area contributed by atoms with Crippen LogP contribution in [0.5, 0.6) is 0 Å². The number of rotatable bonds is 2. The van der Waals surface area contributed by atoms with Gasteiger partial charge in [0.05, 0.1) is 10.8 Å². The fourth-order valence-corrected chi connectivity index (χ4v) is 2.91. The van der Waals surface area contributed by atoms with Crippen molar-refractivity contribution >= 4 is 16.7 Å². The highest BCUT2D eigenvalue weighted by molar-refractivity contribution is 5.81. The van der Waals surface area contributed by atoms with Crippen LogP contribution in [0.4, 0.5) is 0 Å². The van der Waals surface area contributed by atoms with Crippen LogP contribution in [0, 0.1) is 0 Å². The van der Waals surface area contributed by atoms with Crippen LogP contribution in [-0.4, -0.2) is 33.7 Å². The third kappa shape index (κ3) is 2.81. The lowest BCUT2D eigenvalue weighted by molar-refractivity contribution is -0.132. The Labute approximate surface area is 127 Å². The average Bonchev–Trinajstić information content (AvgIpc) is 2.81. The molecule has 116 valence electrons. The molecule has 0 saturated carbocycles. The Morgan fingerprint density at radius 1 is 1.00 bits per heavy atom. The highest BCUT2D eigenvalue weighted by Gasteiger charge is 2.17. The van der Waals surface area contributed by atoms with E-state index in [0.717, 1.165) is 43.5 Å². The number of likely N-dealkylation sites (tertiary alicyclic amines) is 1. The van der Waals surface area contributed by atoms with Crippen molar-refractivity contribution in [2.24, 2.45) is 0 Å². The molecule has 0 aliphatic carbocycles. The molecule has 1 saturated heterocycles. The molecule has 1 N–H and O–H groups in total. The van der Waals surface area contributed by atoms with Gasteiger partial charge in [-0.3, -0.25) is 19.5 Å². The van der Waals surface area contributed by atoms with Crippen LogP contribution in [0.25, 0.3) is 10.8 Å². The summed E-state index contributed by atoms with van der Waals surface area (Å²) in [5, 5.41) is 3.20. The van der Waals surface area contributed by atoms with E-state index in [0.29, 0.717) is 10.8 Å². The molecule has 1 amide bonds. The molecule has 1 aliphatic heterocycles. The number of H-pyrrole nitrogens is 1. The first kappa shape index (κ1) is 14.6. The van der Waals surface area contributed by atoms with Crippen LogP contribution in [0.2, 0.25) is 0 Å². The maximum atomic E-state index is 12.4. The molecule has 6 nitrogen and oxygen atoms in total. The SMILES string of the molecule is O=C(Cn1[nH]c(=O)c2ccccc2c1=O)N1CCCCCC1. The van der Waals surface area contributed by atoms with Gasteiger partial charge in [-0.1, -0.05) is 25.0 Å². The molecule has 1 aromatic carbocycles. The summed E-state index contributed by atoms with van der Waals surface area (Å²) < 4.78 is 1.12. The van der Waals surface area contributed by atoms with Crippen molar-refractivity contribution in [1.82, 2.24) is 14.7 Å². The van der Waals surface area contributed by atoms with Gasteiger partial charge in [0.25, 0.3) is 11.1 Å². The van der Waals surface area contributed by atoms with E-state index in [1.54, 1.807) is 29.2 Å². The van der Waals surface area contributed by atoms with Crippen molar-refractivity contribution in [1.29, 1.82) is 0 Å². The van der Waals surface area contributed by atoms with Gasteiger partial charge >= 0.3 is 0 Å². The summed E-state index contributed by atoms with van der Waals surface area (Å²) in [7, 11) is 0. The Kier molecular flexibility index (Phi) is 4.09. The van der Waals surface area contributed by atoms with Gasteiger partial charge in [-0.2, -0.15) is 0 Å². The number of nitrogens with one attached hydrogen (secondary N) is 1. The second-order valence-corrected chi connectivity index (χ2v) is 5.67. The lowest BCUT2D eigenvalue weighted by Gasteiger charge is -2.20. The molecule has 6 heteroatoms. The van der Waals surface area contributed by atoms with E-state index < -0.39 is 0 Å². The molecule has 0 atom stereocenters. The van der Waals surface area contributed by atoms with Crippen LogP contribution >= 0.6 is 0 Å². The molecule has 1 fully saturated rings. The predicted molar refractivity (Wildman–Crippen MR) is 83.9 cm³/mol. The maximum Gasteiger partial charge on any atom is 0.273 e. The zero-order valence-corrected chi connectivity index (χ0v) is 12.4. The number of aromatic nitrogens is 2. The number of aromatic amines is 1. The lowest BCUT2D eigenvalue weighted by Crippen LogP contribution is -2.39. The molecule has 1 aromatic heterocycles. The lowest BCUT2D eigenvalue weighted by atomic mass is 10.2. The van der Waals surface area contributed by atoms with E-state index in [9.17, 15) is 14.4 Å². The Balaban J connectivity index is 1.90. The average molecular weight is 301 g/mol. The first-order chi connectivity index (χ1) is 10.7. The summed E-state index contributed by atoms with van der Waals surface area (Å²) in [5.41, 5.74) is -0.683. The van der Waals surface area contributed by atoms with Gasteiger partial charge in [-0.15, -0.1) is 0 Å². The predicted octanol–water partition coefficient (Wildman–Crippen LogP) is 1.09. The van der Waals surface area contributed by atoms with Crippen molar-refractivity contribution in [2.75, 3.05) is 13.1 Å². The number of fused-ring (bicyclic) bond motifs is 1. The summed E-state index contributed by atoms with van der Waals surface area (Å²) >= 11 is 0. The van der Waals surface area contributed by atoms with E-state index in [-0.39, 0.29) is 23.6 Å². The van der Waals surface area contributed by atoms with E-state index in [1.807, 2.05) is 0 Å². The number of benzene rings is 1. The van der Waals surface area contributed by atoms with Gasteiger partial charge in [0.15, 0.2) is 0 Å². The summed E-state index contributed by atoms with van der Waals surface area (Å²) in [6, 6.07) is 6.64. The summed E-state index contributed by atoms with van der Waals surface area (Å²) in [5.74, 6) is -0.116. The van der Waals surface area contributed by atoms with Gasteiger partial charge in [0.2, 0.25) is 5.91 Å². The molecule has 0 unspecified atom stereocenters. The zero-order chi connectivity index (χ0) is 15.5. The van der Waals surface area contributed by atoms with E-state index in [1.165, 1.54) is 0 Å². The first-order valence-electron chi connectivity index (χ1n) is 7.66. The largest absolute Gasteiger partial charge is 0.341 e. The minimum Gasteiger partial charge on any atom is -0.341 e. The van der Waals surface area contributed by atoms with E-state index in [4.69, 9.17) is 0 Å². The molecule has 3 rings (SSSR count). The van der Waals surface area contributed by atoms with Crippen molar-refractivity contribution < 1.29 is 4.79 Å². The van der Waals surface area contributed by atoms with E-state index in [2.05, 4.69) is 5.10 Å². The number of carbonyl (C=O) groups excluding carboxylic acids is 1. The Hall–Kier alpha value is -2.37. The maximum absolute atomic E-state index is 12.4. The second-order valence-electron chi connectivity index (χ2n) is 5.67. The smallest absolute Gasteiger partial charge is 0.273 e. The van der Waals surface area contributed by atoms with E-state index >= 15 is 0 Å². The van der Waals surface area contributed by atoms with Crippen LogP contribution in [0.3, 0.4) is 0 Å². The number of nitrogens with zero attached hydrogens (tertiary/aromatic N) is 2. The molecule has 0 bridgehead atoms. The molecule has 2 heterocycles. The molecule has 0 radical (unpaired) electrons. The van der Waals surface area contributed by atoms with Crippen LogP contribution in [0.15, 0.2) is 33.9 Å². The summed E-state index contributed by atoms with van der Waals surface area (Å²) in [4.78, 5) is 38.6. The van der Waals surface area contributed by atoms with Crippen LogP contribution in [0.1, 0.15) is 25.7 Å². The third-order valence-electron chi connectivity index (χ3n) is 4.14. The molecule has 2 aromatic rings. The molecular formula is C16H19N3O3. The fraction of sp³-hybridized carbons (Fsp3) is 0.438. The monoisotopic (exact) mass is 301 g/mol. The van der Waals surface area contributed by atoms with Crippen molar-refractivity contribution in [2.45, 2.75) is 32.2 Å². The first-order valence-corrected chi connectivity index (χ1v) is 7.66. The molecule has 0 spiro atoms. The van der Waals surface area contributed by atoms with Crippen LogP contribution < -0.4 is 11.1 Å². The zero-order valence-electron chi connectivity index (χ0n) is 12.4. The summed E-state index contributed by atoms with van der Waals surface area (Å²) in [6.45, 7) is 1.34. The Morgan fingerprint density at radius 3 is 2.32 bits per heavy atom. The standard InChI is InChI=1S/C16H19N3O3/c20-14(18-9-5-1-2-6-10-18)11-19-16(22)13-8-4-3-7-12(13)15(21)17-19/h3-4,7-8H,1-2,5-6,9-11H2,(H,17,21). The van der Waals surface area contributed by atoms with Crippen molar-refractivity contribution in [3.8, 4) is 0 Å². The molecule has 1 aliphatic rings. The van der Waals surface area contributed by atoms with Gasteiger partial charge in [-0.05, 0) is 25.0 Å². The highest BCUT2D eigenvalue weighted by Crippen LogP contribution is 2.10. The Morgan fingerprint density at radius 2 is 1.64 bits per heavy atom. The fourth-order valence-electron chi connectivity index (χ4n) is 2.91. The highest BCUT2D eigenvalue weighted by atomic mass is 16.2. The quantitative estimate of drug-likeness (QED) is 0.902. The van der Waals surface area contributed by atoms with Gasteiger partial charge in [0.1, 0.15) is 6.54 Å². The normalized spacial score (nSPS) is 15.7. The minimum atomic E-state index is -0.348. The molecule has 22 heavy (non-hydrogen) atoms. The van der Waals surface area contributed by atoms with Crippen LogP contribution in [-0.2, 0) is 11.3 Å². The summed E-state index contributed by atoms with van der Waals surface area (Å²) in [6.07, 6.45) is 4.26. The number of hydrogen-bond donors (Lipinski definition) is 1. The molecular weight excluding hydrogens is 282 g/mol. The third-order valence-corrected chi connectivity index (χ3v) is 4.14. The number of hydrogen-bond acceptors (Lipinski definition) is 3. The van der Waals surface area contributed by atoms with Crippen molar-refractivity contribution in [3.63, 3.8) is 0 Å². The minimum absolute atomic E-state index is 0.112. The topological polar surface area (TPSA) is 75.2 Å². The second kappa shape index (κ2) is 6.17. The van der Waals surface area contributed by atoms with Crippen molar-refractivity contribution in [3.05, 3.63) is 45.0 Å². The van der Waals surface area contributed by atoms with Gasteiger partial charge in [-0.25, -0.2) is 4.68 Å². The number of amides is 1. The Bertz CT molecular complexity index is 798.